The molecule has 2 aromatic heterocycles. The highest BCUT2D eigenvalue weighted by molar-refractivity contribution is 5.98. The van der Waals surface area contributed by atoms with E-state index in [2.05, 4.69) is 10.3 Å². The van der Waals surface area contributed by atoms with Gasteiger partial charge in [0.2, 0.25) is 11.8 Å². The van der Waals surface area contributed by atoms with Crippen molar-refractivity contribution in [3.63, 3.8) is 0 Å². The first-order valence-corrected chi connectivity index (χ1v) is 8.35. The molecule has 0 unspecified atom stereocenters. The maximum Gasteiger partial charge on any atom is 0.227 e. The van der Waals surface area contributed by atoms with E-state index < -0.39 is 0 Å². The Kier molecular flexibility index (Phi) is 5.31. The lowest BCUT2D eigenvalue weighted by Crippen LogP contribution is -2.25. The molecule has 0 aliphatic heterocycles. The highest BCUT2D eigenvalue weighted by Gasteiger charge is 2.17. The monoisotopic (exact) mass is 352 g/mol. The molecule has 6 nitrogen and oxygen atoms in total. The molecule has 3 rings (SSSR count). The van der Waals surface area contributed by atoms with E-state index in [1.807, 2.05) is 31.2 Å². The van der Waals surface area contributed by atoms with Crippen molar-refractivity contribution in [2.24, 2.45) is 0 Å². The molecule has 3 aromatic rings. The van der Waals surface area contributed by atoms with Crippen LogP contribution in [-0.4, -0.2) is 16.7 Å². The van der Waals surface area contributed by atoms with Crippen molar-refractivity contribution in [1.82, 2.24) is 10.3 Å². The third kappa shape index (κ3) is 4.47. The van der Waals surface area contributed by atoms with Gasteiger partial charge in [0.25, 0.3) is 0 Å². The zero-order valence-electron chi connectivity index (χ0n) is 14.7. The van der Waals surface area contributed by atoms with Gasteiger partial charge in [-0.2, -0.15) is 0 Å². The number of furan rings is 1. The van der Waals surface area contributed by atoms with Gasteiger partial charge in [-0.3, -0.25) is 9.59 Å². The van der Waals surface area contributed by atoms with Crippen LogP contribution in [0.1, 0.15) is 29.2 Å². The molecule has 0 spiro atoms. The minimum atomic E-state index is -0.341. The smallest absolute Gasteiger partial charge is 0.227 e. The molecule has 0 bridgehead atoms. The van der Waals surface area contributed by atoms with E-state index in [1.54, 1.807) is 19.1 Å². The molecule has 0 fully saturated rings. The third-order valence-corrected chi connectivity index (χ3v) is 3.95. The number of nitrogens with zero attached hydrogens (tertiary/aromatic N) is 1. The zero-order valence-corrected chi connectivity index (χ0v) is 14.7. The Balaban J connectivity index is 1.57. The van der Waals surface area contributed by atoms with Crippen molar-refractivity contribution in [3.05, 3.63) is 65.4 Å². The topological polar surface area (TPSA) is 85.3 Å². The fourth-order valence-corrected chi connectivity index (χ4v) is 2.50. The SMILES string of the molecule is Cc1ccc(-c2nc(CC(=O)CC(=O)NCc3ccco3)c(C)o2)cc1. The lowest BCUT2D eigenvalue weighted by atomic mass is 10.1. The first-order valence-electron chi connectivity index (χ1n) is 8.35. The Labute approximate surface area is 151 Å². The van der Waals surface area contributed by atoms with Gasteiger partial charge in [0.15, 0.2) is 0 Å². The van der Waals surface area contributed by atoms with Crippen LogP contribution in [0, 0.1) is 13.8 Å². The largest absolute Gasteiger partial charge is 0.467 e. The number of oxazole rings is 1. The number of Topliss-reactive ketones (excluding diaryl/α,β-unsaturated/α-hetero) is 1. The number of nitrogens with one attached hydrogen (secondary N) is 1. The van der Waals surface area contributed by atoms with Gasteiger partial charge in [0.05, 0.1) is 31.3 Å². The number of rotatable bonds is 7. The fraction of sp³-hybridized carbons (Fsp3) is 0.250. The van der Waals surface area contributed by atoms with Gasteiger partial charge in [-0.05, 0) is 38.1 Å². The van der Waals surface area contributed by atoms with E-state index in [0.717, 1.165) is 11.1 Å². The Bertz CT molecular complexity index is 893. The standard InChI is InChI=1S/C20H20N2O4/c1-13-5-7-15(8-6-13)20-22-18(14(2)26-20)10-16(23)11-19(24)21-12-17-4-3-9-25-17/h3-9H,10-12H2,1-2H3,(H,21,24). The number of hydrogen-bond acceptors (Lipinski definition) is 5. The van der Waals surface area contributed by atoms with E-state index in [0.29, 0.717) is 23.1 Å². The maximum atomic E-state index is 12.2. The van der Waals surface area contributed by atoms with E-state index >= 15 is 0 Å². The Morgan fingerprint density at radius 3 is 2.58 bits per heavy atom. The molecule has 1 N–H and O–H groups in total. The van der Waals surface area contributed by atoms with Crippen LogP contribution in [-0.2, 0) is 22.6 Å². The minimum absolute atomic E-state index is 0.0648. The Morgan fingerprint density at radius 1 is 1.12 bits per heavy atom. The van der Waals surface area contributed by atoms with Gasteiger partial charge in [-0.25, -0.2) is 4.98 Å². The summed E-state index contributed by atoms with van der Waals surface area (Å²) in [4.78, 5) is 28.4. The van der Waals surface area contributed by atoms with Crippen molar-refractivity contribution < 1.29 is 18.4 Å². The predicted octanol–water partition coefficient (Wildman–Crippen LogP) is 3.37. The van der Waals surface area contributed by atoms with E-state index in [1.165, 1.54) is 6.26 Å². The van der Waals surface area contributed by atoms with Gasteiger partial charge < -0.3 is 14.2 Å². The summed E-state index contributed by atoms with van der Waals surface area (Å²) in [6.45, 7) is 4.04. The molecule has 0 atom stereocenters. The number of benzene rings is 1. The molecule has 6 heteroatoms. The lowest BCUT2D eigenvalue weighted by molar-refractivity contribution is -0.128. The molecule has 0 radical (unpaired) electrons. The van der Waals surface area contributed by atoms with Crippen LogP contribution in [0.15, 0.2) is 51.5 Å². The van der Waals surface area contributed by atoms with E-state index in [4.69, 9.17) is 8.83 Å². The average molecular weight is 352 g/mol. The van der Waals surface area contributed by atoms with Crippen LogP contribution in [0.4, 0.5) is 0 Å². The van der Waals surface area contributed by atoms with Gasteiger partial charge in [-0.15, -0.1) is 0 Å². The van der Waals surface area contributed by atoms with Crippen LogP contribution >= 0.6 is 0 Å². The molecule has 0 aliphatic carbocycles. The number of aromatic nitrogens is 1. The fourth-order valence-electron chi connectivity index (χ4n) is 2.50. The molecule has 0 saturated carbocycles. The normalized spacial score (nSPS) is 10.7. The Morgan fingerprint density at radius 2 is 1.88 bits per heavy atom. The summed E-state index contributed by atoms with van der Waals surface area (Å²) in [5, 5.41) is 2.66. The first kappa shape index (κ1) is 17.7. The summed E-state index contributed by atoms with van der Waals surface area (Å²) in [6, 6.07) is 11.3. The zero-order chi connectivity index (χ0) is 18.5. The summed E-state index contributed by atoms with van der Waals surface area (Å²) in [5.41, 5.74) is 2.56. The average Bonchev–Trinajstić information content (AvgIpc) is 3.24. The number of carbonyl (C=O) groups is 2. The highest BCUT2D eigenvalue weighted by Crippen LogP contribution is 2.22. The van der Waals surface area contributed by atoms with E-state index in [9.17, 15) is 9.59 Å². The van der Waals surface area contributed by atoms with Crippen molar-refractivity contribution in [2.45, 2.75) is 33.2 Å². The second-order valence-corrected chi connectivity index (χ2v) is 6.14. The first-order chi connectivity index (χ1) is 12.5. The molecule has 0 aliphatic rings. The van der Waals surface area contributed by atoms with Crippen LogP contribution < -0.4 is 5.32 Å². The molecule has 2 heterocycles. The third-order valence-electron chi connectivity index (χ3n) is 3.95. The van der Waals surface area contributed by atoms with Crippen molar-refractivity contribution in [1.29, 1.82) is 0 Å². The van der Waals surface area contributed by atoms with Crippen LogP contribution in [0.2, 0.25) is 0 Å². The van der Waals surface area contributed by atoms with E-state index in [-0.39, 0.29) is 31.1 Å². The summed E-state index contributed by atoms with van der Waals surface area (Å²) < 4.78 is 10.8. The number of hydrogen-bond donors (Lipinski definition) is 1. The number of ketones is 1. The van der Waals surface area contributed by atoms with Crippen molar-refractivity contribution in [3.8, 4) is 11.5 Å². The summed E-state index contributed by atoms with van der Waals surface area (Å²) in [5.74, 6) is 1.15. The summed E-state index contributed by atoms with van der Waals surface area (Å²) in [7, 11) is 0. The number of amides is 1. The second-order valence-electron chi connectivity index (χ2n) is 6.14. The van der Waals surface area contributed by atoms with Gasteiger partial charge in [-0.1, -0.05) is 17.7 Å². The number of aryl methyl sites for hydroxylation is 2. The van der Waals surface area contributed by atoms with Crippen LogP contribution in [0.3, 0.4) is 0 Å². The summed E-state index contributed by atoms with van der Waals surface area (Å²) >= 11 is 0. The molecule has 134 valence electrons. The van der Waals surface area contributed by atoms with Gasteiger partial charge >= 0.3 is 0 Å². The highest BCUT2D eigenvalue weighted by atomic mass is 16.4. The minimum Gasteiger partial charge on any atom is -0.467 e. The summed E-state index contributed by atoms with van der Waals surface area (Å²) in [6.07, 6.45) is 1.40. The Hall–Kier alpha value is -3.15. The molecule has 1 amide bonds. The second kappa shape index (κ2) is 7.82. The van der Waals surface area contributed by atoms with Crippen molar-refractivity contribution in [2.75, 3.05) is 0 Å². The molecule has 0 saturated heterocycles. The quantitative estimate of drug-likeness (QED) is 0.659. The lowest BCUT2D eigenvalue weighted by Gasteiger charge is -2.02. The predicted molar refractivity (Wildman–Crippen MR) is 95.3 cm³/mol. The molecule has 26 heavy (non-hydrogen) atoms. The van der Waals surface area contributed by atoms with Gasteiger partial charge in [0, 0.05) is 5.56 Å². The van der Waals surface area contributed by atoms with Crippen LogP contribution in [0.5, 0.6) is 0 Å². The molecular weight excluding hydrogens is 332 g/mol. The molecular formula is C20H20N2O4. The van der Waals surface area contributed by atoms with Crippen LogP contribution in [0.25, 0.3) is 11.5 Å². The number of carbonyl (C=O) groups excluding carboxylic acids is 2. The van der Waals surface area contributed by atoms with Crippen molar-refractivity contribution >= 4 is 11.7 Å². The molecule has 1 aromatic carbocycles. The maximum absolute atomic E-state index is 12.2. The van der Waals surface area contributed by atoms with Gasteiger partial charge in [0.1, 0.15) is 17.3 Å².